The van der Waals surface area contributed by atoms with E-state index in [1.165, 1.54) is 16.9 Å². The number of anilines is 1. The Kier molecular flexibility index (Phi) is 5.28. The van der Waals surface area contributed by atoms with Crippen LogP contribution in [0.4, 0.5) is 5.13 Å². The van der Waals surface area contributed by atoms with Gasteiger partial charge in [0.05, 0.1) is 5.69 Å². The van der Waals surface area contributed by atoms with Crippen LogP contribution in [-0.4, -0.2) is 10.9 Å². The SMILES string of the molecule is CCCc1ccc(-c2csc(NC(=O)c3cccc(Cl)c3)n2)cc1. The minimum Gasteiger partial charge on any atom is -0.298 e. The molecule has 0 radical (unpaired) electrons. The van der Waals surface area contributed by atoms with Crippen LogP contribution in [-0.2, 0) is 6.42 Å². The number of thiazole rings is 1. The Labute approximate surface area is 150 Å². The number of nitrogens with one attached hydrogen (secondary N) is 1. The van der Waals surface area contributed by atoms with Gasteiger partial charge in [0.2, 0.25) is 0 Å². The van der Waals surface area contributed by atoms with Gasteiger partial charge in [0.1, 0.15) is 0 Å². The van der Waals surface area contributed by atoms with E-state index in [2.05, 4.69) is 41.5 Å². The first-order valence-electron chi connectivity index (χ1n) is 7.77. The summed E-state index contributed by atoms with van der Waals surface area (Å²) in [6, 6.07) is 15.3. The number of carbonyl (C=O) groups is 1. The van der Waals surface area contributed by atoms with E-state index in [4.69, 9.17) is 11.6 Å². The zero-order valence-corrected chi connectivity index (χ0v) is 14.8. The van der Waals surface area contributed by atoms with Crippen LogP contribution in [0.1, 0.15) is 29.3 Å². The number of aromatic nitrogens is 1. The van der Waals surface area contributed by atoms with Crippen molar-refractivity contribution in [3.05, 3.63) is 70.1 Å². The van der Waals surface area contributed by atoms with Crippen molar-refractivity contribution >= 4 is 34.0 Å². The maximum absolute atomic E-state index is 12.2. The summed E-state index contributed by atoms with van der Waals surface area (Å²) in [5.74, 6) is -0.211. The number of nitrogens with zero attached hydrogens (tertiary/aromatic N) is 1. The summed E-state index contributed by atoms with van der Waals surface area (Å²) < 4.78 is 0. The average molecular weight is 357 g/mol. The van der Waals surface area contributed by atoms with Gasteiger partial charge in [-0.1, -0.05) is 55.3 Å². The van der Waals surface area contributed by atoms with E-state index < -0.39 is 0 Å². The Bertz CT molecular complexity index is 843. The second-order valence-electron chi connectivity index (χ2n) is 5.45. The molecular formula is C19H17ClN2OS. The molecule has 5 heteroatoms. The van der Waals surface area contributed by atoms with E-state index in [0.717, 1.165) is 24.1 Å². The van der Waals surface area contributed by atoms with Crippen molar-refractivity contribution < 1.29 is 4.79 Å². The number of rotatable bonds is 5. The van der Waals surface area contributed by atoms with Gasteiger partial charge in [0, 0.05) is 21.5 Å². The second-order valence-corrected chi connectivity index (χ2v) is 6.74. The molecular weight excluding hydrogens is 340 g/mol. The molecule has 3 aromatic rings. The third-order valence-electron chi connectivity index (χ3n) is 3.60. The summed E-state index contributed by atoms with van der Waals surface area (Å²) >= 11 is 7.33. The van der Waals surface area contributed by atoms with Crippen molar-refractivity contribution in [1.29, 1.82) is 0 Å². The second kappa shape index (κ2) is 7.60. The molecule has 1 amide bonds. The van der Waals surface area contributed by atoms with E-state index >= 15 is 0 Å². The van der Waals surface area contributed by atoms with Gasteiger partial charge >= 0.3 is 0 Å². The van der Waals surface area contributed by atoms with Gasteiger partial charge in [-0.05, 0) is 30.2 Å². The summed E-state index contributed by atoms with van der Waals surface area (Å²) in [6.07, 6.45) is 2.22. The number of hydrogen-bond donors (Lipinski definition) is 1. The van der Waals surface area contributed by atoms with E-state index in [-0.39, 0.29) is 5.91 Å². The maximum Gasteiger partial charge on any atom is 0.257 e. The number of benzene rings is 2. The summed E-state index contributed by atoms with van der Waals surface area (Å²) in [5, 5.41) is 5.88. The zero-order valence-electron chi connectivity index (χ0n) is 13.3. The molecule has 24 heavy (non-hydrogen) atoms. The van der Waals surface area contributed by atoms with Gasteiger partial charge in [-0.2, -0.15) is 0 Å². The molecule has 0 spiro atoms. The molecule has 3 rings (SSSR count). The van der Waals surface area contributed by atoms with Gasteiger partial charge in [0.15, 0.2) is 5.13 Å². The Morgan fingerprint density at radius 2 is 2.00 bits per heavy atom. The van der Waals surface area contributed by atoms with Gasteiger partial charge in [0.25, 0.3) is 5.91 Å². The molecule has 1 heterocycles. The number of amides is 1. The van der Waals surface area contributed by atoms with Gasteiger partial charge in [-0.3, -0.25) is 10.1 Å². The molecule has 3 nitrogen and oxygen atoms in total. The highest BCUT2D eigenvalue weighted by Crippen LogP contribution is 2.26. The van der Waals surface area contributed by atoms with Gasteiger partial charge in [-0.15, -0.1) is 11.3 Å². The maximum atomic E-state index is 12.2. The van der Waals surface area contributed by atoms with Crippen molar-refractivity contribution in [2.45, 2.75) is 19.8 Å². The zero-order chi connectivity index (χ0) is 16.9. The summed E-state index contributed by atoms with van der Waals surface area (Å²) in [7, 11) is 0. The fourth-order valence-corrected chi connectivity index (χ4v) is 3.30. The molecule has 0 aliphatic carbocycles. The summed E-state index contributed by atoms with van der Waals surface area (Å²) in [4.78, 5) is 16.7. The largest absolute Gasteiger partial charge is 0.298 e. The van der Waals surface area contributed by atoms with Crippen LogP contribution in [0.2, 0.25) is 5.02 Å². The summed E-state index contributed by atoms with van der Waals surface area (Å²) in [5.41, 5.74) is 3.76. The van der Waals surface area contributed by atoms with Crippen molar-refractivity contribution in [1.82, 2.24) is 4.98 Å². The van der Waals surface area contributed by atoms with Crippen LogP contribution >= 0.6 is 22.9 Å². The molecule has 0 atom stereocenters. The molecule has 122 valence electrons. The first kappa shape index (κ1) is 16.7. The van der Waals surface area contributed by atoms with Gasteiger partial charge < -0.3 is 0 Å². The normalized spacial score (nSPS) is 10.6. The minimum atomic E-state index is -0.211. The highest BCUT2D eigenvalue weighted by atomic mass is 35.5. The molecule has 0 fully saturated rings. The summed E-state index contributed by atoms with van der Waals surface area (Å²) in [6.45, 7) is 2.17. The fourth-order valence-electron chi connectivity index (χ4n) is 2.39. The highest BCUT2D eigenvalue weighted by molar-refractivity contribution is 7.14. The Balaban J connectivity index is 1.72. The highest BCUT2D eigenvalue weighted by Gasteiger charge is 2.10. The van der Waals surface area contributed by atoms with Crippen LogP contribution in [0, 0.1) is 0 Å². The molecule has 1 N–H and O–H groups in total. The molecule has 0 aliphatic heterocycles. The lowest BCUT2D eigenvalue weighted by molar-refractivity contribution is 0.102. The standard InChI is InChI=1S/C19H17ClN2OS/c1-2-4-13-7-9-14(10-8-13)17-12-24-19(21-17)22-18(23)15-5-3-6-16(20)11-15/h3,5-12H,2,4H2,1H3,(H,21,22,23). The third-order valence-corrected chi connectivity index (χ3v) is 4.59. The first-order chi connectivity index (χ1) is 11.7. The van der Waals surface area contributed by atoms with Crippen LogP contribution in [0.3, 0.4) is 0 Å². The number of halogens is 1. The lowest BCUT2D eigenvalue weighted by atomic mass is 10.1. The van der Waals surface area contributed by atoms with Gasteiger partial charge in [-0.25, -0.2) is 4.98 Å². The van der Waals surface area contributed by atoms with E-state index in [0.29, 0.717) is 15.7 Å². The Hall–Kier alpha value is -2.17. The monoisotopic (exact) mass is 356 g/mol. The molecule has 0 aliphatic rings. The van der Waals surface area contributed by atoms with Crippen molar-refractivity contribution in [2.24, 2.45) is 0 Å². The molecule has 0 saturated heterocycles. The van der Waals surface area contributed by atoms with E-state index in [1.807, 2.05) is 5.38 Å². The van der Waals surface area contributed by atoms with Crippen molar-refractivity contribution in [2.75, 3.05) is 5.32 Å². The molecule has 2 aromatic carbocycles. The van der Waals surface area contributed by atoms with Crippen molar-refractivity contribution in [3.8, 4) is 11.3 Å². The lowest BCUT2D eigenvalue weighted by Gasteiger charge is -2.02. The lowest BCUT2D eigenvalue weighted by Crippen LogP contribution is -2.11. The molecule has 0 saturated carbocycles. The van der Waals surface area contributed by atoms with E-state index in [1.54, 1.807) is 24.3 Å². The Morgan fingerprint density at radius 3 is 2.71 bits per heavy atom. The van der Waals surface area contributed by atoms with Crippen LogP contribution in [0.15, 0.2) is 53.9 Å². The third kappa shape index (κ3) is 4.02. The van der Waals surface area contributed by atoms with E-state index in [9.17, 15) is 4.79 Å². The predicted octanol–water partition coefficient (Wildman–Crippen LogP) is 5.67. The smallest absolute Gasteiger partial charge is 0.257 e. The number of hydrogen-bond acceptors (Lipinski definition) is 3. The van der Waals surface area contributed by atoms with Crippen LogP contribution < -0.4 is 5.32 Å². The number of carbonyl (C=O) groups excluding carboxylic acids is 1. The number of aryl methyl sites for hydroxylation is 1. The quantitative estimate of drug-likeness (QED) is 0.640. The average Bonchev–Trinajstić information content (AvgIpc) is 3.04. The molecule has 0 unspecified atom stereocenters. The predicted molar refractivity (Wildman–Crippen MR) is 101 cm³/mol. The molecule has 0 bridgehead atoms. The first-order valence-corrected chi connectivity index (χ1v) is 9.03. The van der Waals surface area contributed by atoms with Crippen LogP contribution in [0.5, 0.6) is 0 Å². The minimum absolute atomic E-state index is 0.211. The fraction of sp³-hybridized carbons (Fsp3) is 0.158. The Morgan fingerprint density at radius 1 is 1.21 bits per heavy atom. The van der Waals surface area contributed by atoms with Crippen molar-refractivity contribution in [3.63, 3.8) is 0 Å². The molecule has 1 aromatic heterocycles. The van der Waals surface area contributed by atoms with Crippen LogP contribution in [0.25, 0.3) is 11.3 Å². The topological polar surface area (TPSA) is 42.0 Å².